The summed E-state index contributed by atoms with van der Waals surface area (Å²) >= 11 is 0. The second kappa shape index (κ2) is 7.93. The van der Waals surface area contributed by atoms with Crippen LogP contribution in [0, 0.1) is 17.0 Å². The van der Waals surface area contributed by atoms with E-state index in [0.29, 0.717) is 11.4 Å². The van der Waals surface area contributed by atoms with E-state index in [1.165, 1.54) is 10.7 Å². The van der Waals surface area contributed by atoms with Crippen molar-refractivity contribution in [3.63, 3.8) is 0 Å². The fraction of sp³-hybridized carbons (Fsp3) is 0.111. The van der Waals surface area contributed by atoms with Crippen molar-refractivity contribution in [2.45, 2.75) is 13.7 Å². The number of nitro groups is 1. The molecule has 8 heteroatoms. The van der Waals surface area contributed by atoms with Gasteiger partial charge in [0, 0.05) is 5.56 Å². The first kappa shape index (κ1) is 17.2. The molecule has 3 rings (SSSR count). The van der Waals surface area contributed by atoms with Crippen LogP contribution in [0.15, 0.2) is 65.8 Å². The van der Waals surface area contributed by atoms with Crippen molar-refractivity contribution in [1.82, 2.24) is 9.78 Å². The lowest BCUT2D eigenvalue weighted by molar-refractivity contribution is -0.389. The van der Waals surface area contributed by atoms with Gasteiger partial charge in [-0.05, 0) is 36.1 Å². The Hall–Kier alpha value is -3.68. The largest absolute Gasteiger partial charge is 0.469 e. The Labute approximate surface area is 149 Å². The molecular formula is C18H17N5O3. The zero-order valence-electron chi connectivity index (χ0n) is 14.1. The van der Waals surface area contributed by atoms with Crippen molar-refractivity contribution < 1.29 is 9.66 Å². The minimum Gasteiger partial charge on any atom is -0.469 e. The average Bonchev–Trinajstić information content (AvgIpc) is 3.03. The number of hydrazone groups is 1. The number of rotatable bonds is 7. The molecule has 26 heavy (non-hydrogen) atoms. The molecule has 1 heterocycles. The van der Waals surface area contributed by atoms with Crippen LogP contribution in [0.4, 0.5) is 11.5 Å². The Morgan fingerprint density at radius 1 is 1.23 bits per heavy atom. The predicted molar refractivity (Wildman–Crippen MR) is 98.3 cm³/mol. The summed E-state index contributed by atoms with van der Waals surface area (Å²) in [5, 5.41) is 18.9. The predicted octanol–water partition coefficient (Wildman–Crippen LogP) is 3.58. The molecule has 0 aliphatic carbocycles. The highest BCUT2D eigenvalue weighted by Gasteiger charge is 2.15. The zero-order chi connectivity index (χ0) is 18.4. The van der Waals surface area contributed by atoms with Gasteiger partial charge in [0.2, 0.25) is 6.73 Å². The van der Waals surface area contributed by atoms with Crippen LogP contribution in [-0.4, -0.2) is 20.9 Å². The van der Waals surface area contributed by atoms with E-state index in [0.717, 1.165) is 11.3 Å². The van der Waals surface area contributed by atoms with E-state index in [2.05, 4.69) is 15.6 Å². The van der Waals surface area contributed by atoms with E-state index in [9.17, 15) is 10.1 Å². The fourth-order valence-corrected chi connectivity index (χ4v) is 2.25. The van der Waals surface area contributed by atoms with Crippen LogP contribution in [0.25, 0.3) is 0 Å². The molecule has 0 aliphatic rings. The highest BCUT2D eigenvalue weighted by Crippen LogP contribution is 2.18. The lowest BCUT2D eigenvalue weighted by atomic mass is 10.2. The number of ether oxygens (including phenoxy) is 1. The van der Waals surface area contributed by atoms with E-state index in [1.807, 2.05) is 48.5 Å². The molecule has 2 aromatic carbocycles. The summed E-state index contributed by atoms with van der Waals surface area (Å²) in [4.78, 5) is 10.3. The van der Waals surface area contributed by atoms with Crippen molar-refractivity contribution in [1.29, 1.82) is 0 Å². The first-order valence-electron chi connectivity index (χ1n) is 7.88. The monoisotopic (exact) mass is 351 g/mol. The first-order chi connectivity index (χ1) is 12.6. The third kappa shape index (κ3) is 4.23. The average molecular weight is 351 g/mol. The third-order valence-electron chi connectivity index (χ3n) is 3.59. The fourth-order valence-electron chi connectivity index (χ4n) is 2.25. The Bertz CT molecular complexity index is 922. The molecule has 8 nitrogen and oxygen atoms in total. The maximum Gasteiger partial charge on any atom is 0.390 e. The van der Waals surface area contributed by atoms with Crippen molar-refractivity contribution >= 4 is 17.7 Å². The highest BCUT2D eigenvalue weighted by molar-refractivity contribution is 5.83. The number of para-hydroxylation sites is 2. The van der Waals surface area contributed by atoms with Gasteiger partial charge in [0.1, 0.15) is 5.75 Å². The Balaban J connectivity index is 1.68. The molecule has 0 saturated heterocycles. The Morgan fingerprint density at radius 3 is 2.69 bits per heavy atom. The number of anilines is 1. The maximum atomic E-state index is 10.8. The van der Waals surface area contributed by atoms with E-state index >= 15 is 0 Å². The van der Waals surface area contributed by atoms with Crippen LogP contribution in [0.5, 0.6) is 5.75 Å². The van der Waals surface area contributed by atoms with Gasteiger partial charge in [-0.1, -0.05) is 30.3 Å². The minimum absolute atomic E-state index is 0.0661. The SMILES string of the molecule is Cc1cc([N+](=O)[O-])nn1COc1ccccc1C=NNc1ccccc1. The number of aryl methyl sites for hydroxylation is 1. The van der Waals surface area contributed by atoms with Crippen molar-refractivity contribution in [2.75, 3.05) is 5.43 Å². The summed E-state index contributed by atoms with van der Waals surface area (Å²) in [6, 6.07) is 18.4. The number of benzene rings is 2. The summed E-state index contributed by atoms with van der Waals surface area (Å²) in [7, 11) is 0. The van der Waals surface area contributed by atoms with Gasteiger partial charge in [0.25, 0.3) is 0 Å². The zero-order valence-corrected chi connectivity index (χ0v) is 14.1. The maximum absolute atomic E-state index is 10.8. The number of aromatic nitrogens is 2. The van der Waals surface area contributed by atoms with Gasteiger partial charge in [-0.15, -0.1) is 4.68 Å². The molecule has 1 aromatic heterocycles. The van der Waals surface area contributed by atoms with Crippen LogP contribution in [-0.2, 0) is 6.73 Å². The van der Waals surface area contributed by atoms with Crippen LogP contribution in [0.1, 0.15) is 11.3 Å². The molecule has 0 aliphatic heterocycles. The topological polar surface area (TPSA) is 94.6 Å². The lowest BCUT2D eigenvalue weighted by Gasteiger charge is -2.08. The lowest BCUT2D eigenvalue weighted by Crippen LogP contribution is -2.09. The number of hydrogen-bond donors (Lipinski definition) is 1. The minimum atomic E-state index is -0.528. The van der Waals surface area contributed by atoms with Crippen LogP contribution < -0.4 is 10.2 Å². The van der Waals surface area contributed by atoms with Crippen LogP contribution in [0.3, 0.4) is 0 Å². The molecule has 0 radical (unpaired) electrons. The molecule has 0 bridgehead atoms. The van der Waals surface area contributed by atoms with E-state index < -0.39 is 4.92 Å². The molecule has 0 spiro atoms. The Morgan fingerprint density at radius 2 is 1.96 bits per heavy atom. The van der Waals surface area contributed by atoms with Gasteiger partial charge in [0.15, 0.2) is 0 Å². The summed E-state index contributed by atoms with van der Waals surface area (Å²) in [6.07, 6.45) is 1.65. The molecule has 0 saturated carbocycles. The quantitative estimate of drug-likeness (QED) is 0.399. The molecular weight excluding hydrogens is 334 g/mol. The van der Waals surface area contributed by atoms with Crippen molar-refractivity contribution in [2.24, 2.45) is 5.10 Å². The van der Waals surface area contributed by atoms with Gasteiger partial charge in [-0.2, -0.15) is 5.10 Å². The number of nitrogens with zero attached hydrogens (tertiary/aromatic N) is 4. The molecule has 132 valence electrons. The molecule has 1 N–H and O–H groups in total. The van der Waals surface area contributed by atoms with Gasteiger partial charge in [-0.25, -0.2) is 0 Å². The molecule has 0 fully saturated rings. The Kier molecular flexibility index (Phi) is 5.23. The summed E-state index contributed by atoms with van der Waals surface area (Å²) in [6.45, 7) is 1.80. The molecule has 0 amide bonds. The van der Waals surface area contributed by atoms with E-state index in [1.54, 1.807) is 19.2 Å². The van der Waals surface area contributed by atoms with E-state index in [4.69, 9.17) is 4.74 Å². The van der Waals surface area contributed by atoms with Gasteiger partial charge >= 0.3 is 5.82 Å². The smallest absolute Gasteiger partial charge is 0.390 e. The molecule has 0 unspecified atom stereocenters. The highest BCUT2D eigenvalue weighted by atomic mass is 16.6. The standard InChI is InChI=1S/C18H17N5O3/c1-14-11-18(23(24)25)21-22(14)13-26-17-10-6-5-7-15(17)12-19-20-16-8-3-2-4-9-16/h2-12,20H,13H2,1H3. The second-order valence-corrected chi connectivity index (χ2v) is 5.45. The molecule has 3 aromatic rings. The number of nitrogens with one attached hydrogen (secondary N) is 1. The summed E-state index contributed by atoms with van der Waals surface area (Å²) in [5.74, 6) is 0.400. The van der Waals surface area contributed by atoms with Gasteiger partial charge < -0.3 is 14.9 Å². The van der Waals surface area contributed by atoms with E-state index in [-0.39, 0.29) is 12.5 Å². The first-order valence-corrected chi connectivity index (χ1v) is 7.88. The van der Waals surface area contributed by atoms with Crippen molar-refractivity contribution in [3.05, 3.63) is 82.0 Å². The normalized spacial score (nSPS) is 10.8. The number of hydrogen-bond acceptors (Lipinski definition) is 6. The van der Waals surface area contributed by atoms with Crippen LogP contribution in [0.2, 0.25) is 0 Å². The summed E-state index contributed by atoms with van der Waals surface area (Å²) < 4.78 is 7.20. The third-order valence-corrected chi connectivity index (χ3v) is 3.59. The van der Waals surface area contributed by atoms with Gasteiger partial charge in [-0.3, -0.25) is 5.43 Å². The van der Waals surface area contributed by atoms with Crippen LogP contribution >= 0.6 is 0 Å². The summed E-state index contributed by atoms with van der Waals surface area (Å²) in [5.41, 5.74) is 5.24. The van der Waals surface area contributed by atoms with Crippen molar-refractivity contribution in [3.8, 4) is 5.75 Å². The second-order valence-electron chi connectivity index (χ2n) is 5.45. The van der Waals surface area contributed by atoms with Gasteiger partial charge in [0.05, 0.1) is 28.8 Å². The molecule has 0 atom stereocenters.